The van der Waals surface area contributed by atoms with Crippen molar-refractivity contribution in [3.05, 3.63) is 18.6 Å². The summed E-state index contributed by atoms with van der Waals surface area (Å²) >= 11 is 0. The van der Waals surface area contributed by atoms with Crippen LogP contribution in [-0.4, -0.2) is 0 Å². The lowest BCUT2D eigenvalue weighted by atomic mass is 10.2. The molecule has 0 amide bonds. The third kappa shape index (κ3) is 5.74. The molecular weight excluding hydrogens is 84.1 g/mol. The summed E-state index contributed by atoms with van der Waals surface area (Å²) in [6.45, 7) is 4.14. The SMILES string of the molecule is C[CH]CC/C=C/C. The molecule has 0 unspecified atom stereocenters. The predicted molar refractivity (Wildman–Crippen MR) is 34.0 cm³/mol. The average Bonchev–Trinajstić information content (AvgIpc) is 1.69. The fourth-order valence-electron chi connectivity index (χ4n) is 0.430. The zero-order valence-corrected chi connectivity index (χ0v) is 5.15. The van der Waals surface area contributed by atoms with Gasteiger partial charge < -0.3 is 0 Å². The second kappa shape index (κ2) is 5.74. The second-order valence-corrected chi connectivity index (χ2v) is 1.55. The molecule has 0 N–H and O–H groups in total. The molecule has 0 nitrogen and oxygen atoms in total. The number of allylic oxidation sites excluding steroid dienone is 2. The minimum atomic E-state index is 1.20. The summed E-state index contributed by atoms with van der Waals surface area (Å²) in [5, 5.41) is 0. The molecule has 0 fully saturated rings. The first-order valence-corrected chi connectivity index (χ1v) is 2.80. The van der Waals surface area contributed by atoms with Crippen LogP contribution in [0.5, 0.6) is 0 Å². The molecule has 0 rings (SSSR count). The second-order valence-electron chi connectivity index (χ2n) is 1.55. The Morgan fingerprint density at radius 3 is 2.29 bits per heavy atom. The van der Waals surface area contributed by atoms with Crippen molar-refractivity contribution >= 4 is 0 Å². The molecule has 0 aliphatic rings. The topological polar surface area (TPSA) is 0 Å². The molecule has 0 heterocycles. The van der Waals surface area contributed by atoms with Crippen molar-refractivity contribution in [1.29, 1.82) is 0 Å². The van der Waals surface area contributed by atoms with E-state index in [-0.39, 0.29) is 0 Å². The van der Waals surface area contributed by atoms with Gasteiger partial charge in [-0.1, -0.05) is 19.1 Å². The van der Waals surface area contributed by atoms with Gasteiger partial charge >= 0.3 is 0 Å². The first kappa shape index (κ1) is 6.74. The summed E-state index contributed by atoms with van der Waals surface area (Å²) in [4.78, 5) is 0. The highest BCUT2D eigenvalue weighted by Crippen LogP contribution is 1.92. The van der Waals surface area contributed by atoms with E-state index in [0.29, 0.717) is 0 Å². The van der Waals surface area contributed by atoms with Crippen LogP contribution in [0.4, 0.5) is 0 Å². The summed E-state index contributed by atoms with van der Waals surface area (Å²) in [7, 11) is 0. The van der Waals surface area contributed by atoms with Crippen LogP contribution in [0.15, 0.2) is 12.2 Å². The molecule has 0 aromatic heterocycles. The van der Waals surface area contributed by atoms with Crippen molar-refractivity contribution in [2.75, 3.05) is 0 Å². The molecule has 0 aromatic carbocycles. The summed E-state index contributed by atoms with van der Waals surface area (Å²) in [5.74, 6) is 0. The Morgan fingerprint density at radius 1 is 1.14 bits per heavy atom. The highest BCUT2D eigenvalue weighted by atomic mass is 13.8. The lowest BCUT2D eigenvalue weighted by molar-refractivity contribution is 0.972. The maximum Gasteiger partial charge on any atom is -0.0348 e. The monoisotopic (exact) mass is 97.1 g/mol. The summed E-state index contributed by atoms with van der Waals surface area (Å²) in [6, 6.07) is 0. The molecule has 0 saturated carbocycles. The third-order valence-corrected chi connectivity index (χ3v) is 0.858. The molecule has 0 aliphatic heterocycles. The largest absolute Gasteiger partial charge is 0.0917 e. The number of hydrogen-bond donors (Lipinski definition) is 0. The van der Waals surface area contributed by atoms with Gasteiger partial charge in [-0.15, -0.1) is 0 Å². The van der Waals surface area contributed by atoms with Gasteiger partial charge in [0, 0.05) is 0 Å². The lowest BCUT2D eigenvalue weighted by Crippen LogP contribution is -1.64. The Kier molecular flexibility index (Phi) is 5.53. The molecule has 0 spiro atoms. The zero-order valence-electron chi connectivity index (χ0n) is 5.15. The van der Waals surface area contributed by atoms with Gasteiger partial charge in [0.2, 0.25) is 0 Å². The molecule has 0 atom stereocenters. The van der Waals surface area contributed by atoms with Crippen LogP contribution in [0.1, 0.15) is 26.7 Å². The Bertz CT molecular complexity index is 44.0. The Morgan fingerprint density at radius 2 is 1.86 bits per heavy atom. The molecule has 1 radical (unpaired) electrons. The molecule has 0 heteroatoms. The van der Waals surface area contributed by atoms with Gasteiger partial charge in [0.15, 0.2) is 0 Å². The van der Waals surface area contributed by atoms with Gasteiger partial charge in [-0.3, -0.25) is 0 Å². The van der Waals surface area contributed by atoms with Crippen molar-refractivity contribution in [2.45, 2.75) is 26.7 Å². The standard InChI is InChI=1S/C7H13/c1-3-5-7-6-4-2/h3-5H,6-7H2,1-2H3/b5-3+. The molecule has 0 saturated heterocycles. The van der Waals surface area contributed by atoms with Gasteiger partial charge in [-0.25, -0.2) is 0 Å². The quantitative estimate of drug-likeness (QED) is 0.375. The van der Waals surface area contributed by atoms with Crippen molar-refractivity contribution in [2.24, 2.45) is 0 Å². The number of hydrogen-bond acceptors (Lipinski definition) is 0. The first-order chi connectivity index (χ1) is 3.41. The Labute approximate surface area is 46.2 Å². The minimum Gasteiger partial charge on any atom is -0.0917 e. The fourth-order valence-corrected chi connectivity index (χ4v) is 0.430. The van der Waals surface area contributed by atoms with E-state index in [4.69, 9.17) is 0 Å². The Balaban J connectivity index is 2.69. The normalized spacial score (nSPS) is 10.6. The number of unbranched alkanes of at least 4 members (excludes halogenated alkanes) is 2. The highest BCUT2D eigenvalue weighted by molar-refractivity contribution is 4.78. The van der Waals surface area contributed by atoms with Crippen LogP contribution >= 0.6 is 0 Å². The maximum atomic E-state index is 2.18. The van der Waals surface area contributed by atoms with Gasteiger partial charge in [-0.05, 0) is 26.2 Å². The summed E-state index contributed by atoms with van der Waals surface area (Å²) < 4.78 is 0. The van der Waals surface area contributed by atoms with Crippen molar-refractivity contribution in [3.63, 3.8) is 0 Å². The molecule has 0 bridgehead atoms. The van der Waals surface area contributed by atoms with Crippen LogP contribution < -0.4 is 0 Å². The third-order valence-electron chi connectivity index (χ3n) is 0.858. The van der Waals surface area contributed by atoms with Gasteiger partial charge in [0.1, 0.15) is 0 Å². The number of rotatable bonds is 3. The molecule has 0 aliphatic carbocycles. The van der Waals surface area contributed by atoms with Gasteiger partial charge in [0.25, 0.3) is 0 Å². The van der Waals surface area contributed by atoms with Crippen molar-refractivity contribution < 1.29 is 0 Å². The first-order valence-electron chi connectivity index (χ1n) is 2.80. The van der Waals surface area contributed by atoms with E-state index in [1.54, 1.807) is 0 Å². The smallest absolute Gasteiger partial charge is 0.0348 e. The Hall–Kier alpha value is -0.260. The molecule has 7 heavy (non-hydrogen) atoms. The maximum absolute atomic E-state index is 2.18. The average molecular weight is 97.2 g/mol. The van der Waals surface area contributed by atoms with Gasteiger partial charge in [0.05, 0.1) is 0 Å². The van der Waals surface area contributed by atoms with E-state index in [1.807, 2.05) is 0 Å². The van der Waals surface area contributed by atoms with Crippen LogP contribution in [0.25, 0.3) is 0 Å². The van der Waals surface area contributed by atoms with E-state index in [9.17, 15) is 0 Å². The molecular formula is C7H13. The highest BCUT2D eigenvalue weighted by Gasteiger charge is 1.73. The van der Waals surface area contributed by atoms with Crippen LogP contribution in [0.3, 0.4) is 0 Å². The fraction of sp³-hybridized carbons (Fsp3) is 0.571. The van der Waals surface area contributed by atoms with E-state index >= 15 is 0 Å². The van der Waals surface area contributed by atoms with Crippen LogP contribution in [0.2, 0.25) is 0 Å². The molecule has 41 valence electrons. The van der Waals surface area contributed by atoms with E-state index < -0.39 is 0 Å². The summed E-state index contributed by atoms with van der Waals surface area (Å²) in [5.41, 5.74) is 0. The van der Waals surface area contributed by atoms with Crippen molar-refractivity contribution in [3.8, 4) is 0 Å². The van der Waals surface area contributed by atoms with Crippen LogP contribution in [-0.2, 0) is 0 Å². The predicted octanol–water partition coefficient (Wildman–Crippen LogP) is 2.57. The van der Waals surface area contributed by atoms with Crippen molar-refractivity contribution in [1.82, 2.24) is 0 Å². The van der Waals surface area contributed by atoms with E-state index in [1.165, 1.54) is 12.8 Å². The molecule has 0 aromatic rings. The lowest BCUT2D eigenvalue weighted by Gasteiger charge is -1.83. The summed E-state index contributed by atoms with van der Waals surface area (Å²) in [6.07, 6.45) is 8.86. The van der Waals surface area contributed by atoms with E-state index in [0.717, 1.165) is 0 Å². The van der Waals surface area contributed by atoms with Gasteiger partial charge in [-0.2, -0.15) is 0 Å². The minimum absolute atomic E-state index is 1.20. The van der Waals surface area contributed by atoms with E-state index in [2.05, 4.69) is 32.4 Å². The zero-order chi connectivity index (χ0) is 5.54. The van der Waals surface area contributed by atoms with Crippen LogP contribution in [0, 0.1) is 6.42 Å².